The molecule has 0 unspecified atom stereocenters. The molecule has 0 aliphatic carbocycles. The van der Waals surface area contributed by atoms with Crippen LogP contribution in [0, 0.1) is 0 Å². The van der Waals surface area contributed by atoms with E-state index in [4.69, 9.17) is 9.84 Å². The van der Waals surface area contributed by atoms with Gasteiger partial charge in [-0.3, -0.25) is 0 Å². The van der Waals surface area contributed by atoms with Crippen LogP contribution < -0.4 is 4.74 Å². The van der Waals surface area contributed by atoms with E-state index in [1.54, 1.807) is 0 Å². The molecule has 1 N–H and O–H groups in total. The van der Waals surface area contributed by atoms with Crippen molar-refractivity contribution in [2.24, 2.45) is 0 Å². The molecule has 3 nitrogen and oxygen atoms in total. The third-order valence-electron chi connectivity index (χ3n) is 2.77. The van der Waals surface area contributed by atoms with Crippen LogP contribution >= 0.6 is 0 Å². The number of para-hydroxylation sites is 1. The van der Waals surface area contributed by atoms with Gasteiger partial charge in [-0.1, -0.05) is 32.0 Å². The smallest absolute Gasteiger partial charge is 0.335 e. The van der Waals surface area contributed by atoms with Crippen molar-refractivity contribution in [2.75, 3.05) is 0 Å². The molecule has 0 amide bonds. The van der Waals surface area contributed by atoms with E-state index in [0.717, 1.165) is 11.3 Å². The van der Waals surface area contributed by atoms with Gasteiger partial charge in [-0.15, -0.1) is 0 Å². The van der Waals surface area contributed by atoms with E-state index in [2.05, 4.69) is 0 Å². The lowest BCUT2D eigenvalue weighted by atomic mass is 9.76. The van der Waals surface area contributed by atoms with Crippen LogP contribution in [0.5, 0.6) is 5.75 Å². The Bertz CT molecular complexity index is 444. The van der Waals surface area contributed by atoms with Gasteiger partial charge in [-0.25, -0.2) is 4.79 Å². The van der Waals surface area contributed by atoms with Crippen molar-refractivity contribution < 1.29 is 14.6 Å². The molecular formula is C12H12O3. The monoisotopic (exact) mass is 204 g/mol. The number of ether oxygens (including phenoxy) is 1. The number of carboxylic acid groups (broad SMARTS) is 1. The highest BCUT2D eigenvalue weighted by Gasteiger charge is 2.36. The van der Waals surface area contributed by atoms with Crippen LogP contribution in [0.15, 0.2) is 36.1 Å². The first-order valence-electron chi connectivity index (χ1n) is 4.73. The minimum atomic E-state index is -0.936. The van der Waals surface area contributed by atoms with Gasteiger partial charge >= 0.3 is 5.97 Å². The summed E-state index contributed by atoms with van der Waals surface area (Å²) in [5.41, 5.74) is 0.673. The van der Waals surface area contributed by atoms with Crippen LogP contribution in [0.1, 0.15) is 19.4 Å². The standard InChI is InChI=1S/C12H12O3/c1-12(2)8-5-3-4-6-10(8)15-7-9(12)11(13)14/h3-7H,1-2H3,(H,13,14). The van der Waals surface area contributed by atoms with Crippen LogP contribution in [0.3, 0.4) is 0 Å². The first-order valence-corrected chi connectivity index (χ1v) is 4.73. The van der Waals surface area contributed by atoms with Gasteiger partial charge in [-0.2, -0.15) is 0 Å². The van der Waals surface area contributed by atoms with Crippen LogP contribution in [-0.2, 0) is 10.2 Å². The summed E-state index contributed by atoms with van der Waals surface area (Å²) in [5.74, 6) is -0.206. The molecule has 0 spiro atoms. The number of rotatable bonds is 1. The highest BCUT2D eigenvalue weighted by Crippen LogP contribution is 2.40. The topological polar surface area (TPSA) is 46.5 Å². The Morgan fingerprint density at radius 2 is 2.00 bits per heavy atom. The molecule has 78 valence electrons. The van der Waals surface area contributed by atoms with E-state index in [0.29, 0.717) is 0 Å². The fourth-order valence-corrected chi connectivity index (χ4v) is 1.82. The van der Waals surface area contributed by atoms with Gasteiger partial charge in [0.15, 0.2) is 0 Å². The molecule has 0 saturated heterocycles. The largest absolute Gasteiger partial charge is 0.478 e. The van der Waals surface area contributed by atoms with E-state index in [-0.39, 0.29) is 5.57 Å². The van der Waals surface area contributed by atoms with E-state index in [9.17, 15) is 4.79 Å². The number of fused-ring (bicyclic) bond motifs is 1. The van der Waals surface area contributed by atoms with E-state index in [1.807, 2.05) is 38.1 Å². The summed E-state index contributed by atoms with van der Waals surface area (Å²) in [6.45, 7) is 3.77. The zero-order chi connectivity index (χ0) is 11.1. The quantitative estimate of drug-likeness (QED) is 0.763. The summed E-state index contributed by atoms with van der Waals surface area (Å²) in [5, 5.41) is 9.05. The molecule has 0 bridgehead atoms. The Labute approximate surface area is 88.0 Å². The van der Waals surface area contributed by atoms with Crippen molar-refractivity contribution in [3.05, 3.63) is 41.7 Å². The van der Waals surface area contributed by atoms with Crippen molar-refractivity contribution in [3.63, 3.8) is 0 Å². The summed E-state index contributed by atoms with van der Waals surface area (Å²) in [6, 6.07) is 7.49. The van der Waals surface area contributed by atoms with Gasteiger partial charge in [0.05, 0.1) is 5.57 Å². The SMILES string of the molecule is CC1(C)C(C(=O)O)=COc2ccccc21. The highest BCUT2D eigenvalue weighted by atomic mass is 16.5. The summed E-state index contributed by atoms with van der Waals surface area (Å²) < 4.78 is 5.29. The maximum atomic E-state index is 11.0. The molecule has 0 radical (unpaired) electrons. The predicted octanol–water partition coefficient (Wildman–Crippen LogP) is 2.33. The van der Waals surface area contributed by atoms with Gasteiger partial charge in [0.2, 0.25) is 0 Å². The van der Waals surface area contributed by atoms with Gasteiger partial charge in [0.25, 0.3) is 0 Å². The third kappa shape index (κ3) is 1.40. The Morgan fingerprint density at radius 3 is 2.67 bits per heavy atom. The van der Waals surface area contributed by atoms with Gasteiger partial charge in [0, 0.05) is 11.0 Å². The Hall–Kier alpha value is -1.77. The fourth-order valence-electron chi connectivity index (χ4n) is 1.82. The van der Waals surface area contributed by atoms with Crippen LogP contribution in [0.4, 0.5) is 0 Å². The molecule has 15 heavy (non-hydrogen) atoms. The predicted molar refractivity (Wildman–Crippen MR) is 55.8 cm³/mol. The Balaban J connectivity index is 2.57. The van der Waals surface area contributed by atoms with Crippen molar-refractivity contribution in [1.82, 2.24) is 0 Å². The number of aliphatic carboxylic acids is 1. The summed E-state index contributed by atoms with van der Waals surface area (Å²) in [4.78, 5) is 11.0. The molecule has 0 saturated carbocycles. The van der Waals surface area contributed by atoms with Crippen molar-refractivity contribution in [1.29, 1.82) is 0 Å². The summed E-state index contributed by atoms with van der Waals surface area (Å²) >= 11 is 0. The average Bonchev–Trinajstić information content (AvgIpc) is 2.17. The van der Waals surface area contributed by atoms with Gasteiger partial charge < -0.3 is 9.84 Å². The van der Waals surface area contributed by atoms with Gasteiger partial charge in [0.1, 0.15) is 12.0 Å². The summed E-state index contributed by atoms with van der Waals surface area (Å²) in [6.07, 6.45) is 1.32. The lowest BCUT2D eigenvalue weighted by molar-refractivity contribution is -0.133. The maximum Gasteiger partial charge on any atom is 0.335 e. The molecule has 1 aliphatic heterocycles. The fraction of sp³-hybridized carbons (Fsp3) is 0.250. The minimum Gasteiger partial charge on any atom is -0.478 e. The molecule has 1 aliphatic rings. The first-order chi connectivity index (χ1) is 7.03. The van der Waals surface area contributed by atoms with Crippen LogP contribution in [0.2, 0.25) is 0 Å². The molecule has 1 heterocycles. The maximum absolute atomic E-state index is 11.0. The zero-order valence-electron chi connectivity index (χ0n) is 8.65. The number of carbonyl (C=O) groups is 1. The zero-order valence-corrected chi connectivity index (χ0v) is 8.65. The lowest BCUT2D eigenvalue weighted by Crippen LogP contribution is -2.29. The third-order valence-corrected chi connectivity index (χ3v) is 2.77. The normalized spacial score (nSPS) is 17.3. The number of hydrogen-bond acceptors (Lipinski definition) is 2. The average molecular weight is 204 g/mol. The second kappa shape index (κ2) is 3.12. The van der Waals surface area contributed by atoms with Crippen molar-refractivity contribution in [3.8, 4) is 5.75 Å². The number of hydrogen-bond donors (Lipinski definition) is 1. The molecule has 2 rings (SSSR count). The molecule has 3 heteroatoms. The lowest BCUT2D eigenvalue weighted by Gasteiger charge is -2.31. The molecule has 0 atom stereocenters. The summed E-state index contributed by atoms with van der Waals surface area (Å²) in [7, 11) is 0. The molecule has 1 aromatic carbocycles. The van der Waals surface area contributed by atoms with E-state index in [1.165, 1.54) is 6.26 Å². The second-order valence-electron chi connectivity index (χ2n) is 4.08. The minimum absolute atomic E-state index is 0.279. The van der Waals surface area contributed by atoms with E-state index >= 15 is 0 Å². The Kier molecular flexibility index (Phi) is 2.03. The molecule has 0 aromatic heterocycles. The molecule has 0 fully saturated rings. The van der Waals surface area contributed by atoms with E-state index < -0.39 is 11.4 Å². The second-order valence-corrected chi connectivity index (χ2v) is 4.08. The van der Waals surface area contributed by atoms with Crippen LogP contribution in [-0.4, -0.2) is 11.1 Å². The first kappa shape index (κ1) is 9.77. The number of carboxylic acids is 1. The van der Waals surface area contributed by atoms with Crippen molar-refractivity contribution >= 4 is 5.97 Å². The number of benzene rings is 1. The van der Waals surface area contributed by atoms with Crippen molar-refractivity contribution in [2.45, 2.75) is 19.3 Å². The highest BCUT2D eigenvalue weighted by molar-refractivity contribution is 5.90. The Morgan fingerprint density at radius 1 is 1.33 bits per heavy atom. The van der Waals surface area contributed by atoms with Crippen LogP contribution in [0.25, 0.3) is 0 Å². The molecule has 1 aromatic rings. The van der Waals surface area contributed by atoms with Gasteiger partial charge in [-0.05, 0) is 6.07 Å². The molecular weight excluding hydrogens is 192 g/mol.